The summed E-state index contributed by atoms with van der Waals surface area (Å²) in [6.07, 6.45) is 0.778. The van der Waals surface area contributed by atoms with Gasteiger partial charge in [0.2, 0.25) is 0 Å². The van der Waals surface area contributed by atoms with Crippen molar-refractivity contribution in [3.05, 3.63) is 29.8 Å². The van der Waals surface area contributed by atoms with E-state index >= 15 is 0 Å². The molecule has 0 saturated carbocycles. The van der Waals surface area contributed by atoms with Gasteiger partial charge in [-0.25, -0.2) is 9.59 Å². The first kappa shape index (κ1) is 20.5. The van der Waals surface area contributed by atoms with Crippen LogP contribution in [0.1, 0.15) is 51.4 Å². The number of rotatable bonds is 6. The van der Waals surface area contributed by atoms with E-state index in [1.54, 1.807) is 12.1 Å². The van der Waals surface area contributed by atoms with Gasteiger partial charge in [-0.1, -0.05) is 26.8 Å². The molecule has 0 fully saturated rings. The first-order valence-corrected chi connectivity index (χ1v) is 8.03. The normalized spacial score (nSPS) is 11.6. The third-order valence-electron chi connectivity index (χ3n) is 3.15. The van der Waals surface area contributed by atoms with Gasteiger partial charge in [-0.3, -0.25) is 4.79 Å². The smallest absolute Gasteiger partial charge is 0.338 e. The van der Waals surface area contributed by atoms with Crippen LogP contribution in [0.4, 0.5) is 10.5 Å². The number of nitrogens with one attached hydrogen (secondary N) is 2. The summed E-state index contributed by atoms with van der Waals surface area (Å²) in [6, 6.07) is 5.38. The largest absolute Gasteiger partial charge is 0.452 e. The lowest BCUT2D eigenvalue weighted by Gasteiger charge is -2.33. The van der Waals surface area contributed by atoms with Gasteiger partial charge in [-0.2, -0.15) is 0 Å². The van der Waals surface area contributed by atoms with Crippen LogP contribution in [-0.4, -0.2) is 30.1 Å². The average Bonchev–Trinajstić information content (AvgIpc) is 2.41. The van der Waals surface area contributed by atoms with Gasteiger partial charge in [-0.15, -0.1) is 0 Å². The van der Waals surface area contributed by atoms with E-state index in [4.69, 9.17) is 10.5 Å². The molecule has 7 heteroatoms. The summed E-state index contributed by atoms with van der Waals surface area (Å²) in [5, 5.41) is 5.24. The van der Waals surface area contributed by atoms with Crippen LogP contribution in [0.5, 0.6) is 0 Å². The average molecular weight is 349 g/mol. The van der Waals surface area contributed by atoms with Crippen molar-refractivity contribution in [1.29, 1.82) is 0 Å². The van der Waals surface area contributed by atoms with Gasteiger partial charge in [0.25, 0.3) is 5.91 Å². The number of carbonyl (C=O) groups excluding carboxylic acids is 3. The summed E-state index contributed by atoms with van der Waals surface area (Å²) in [7, 11) is 0. The molecule has 1 aromatic carbocycles. The molecule has 25 heavy (non-hydrogen) atoms. The molecule has 0 aliphatic heterocycles. The number of ether oxygens (including phenoxy) is 1. The van der Waals surface area contributed by atoms with Gasteiger partial charge in [0.15, 0.2) is 6.61 Å². The Hall–Kier alpha value is -2.57. The number of primary amides is 1. The second kappa shape index (κ2) is 8.00. The van der Waals surface area contributed by atoms with Crippen LogP contribution in [0.3, 0.4) is 0 Å². The van der Waals surface area contributed by atoms with Gasteiger partial charge in [0.05, 0.1) is 5.56 Å². The third-order valence-corrected chi connectivity index (χ3v) is 3.15. The number of urea groups is 1. The van der Waals surface area contributed by atoms with E-state index in [0.717, 1.165) is 6.42 Å². The molecular formula is C18H27N3O4. The first-order chi connectivity index (χ1) is 11.4. The van der Waals surface area contributed by atoms with Crippen molar-refractivity contribution in [3.63, 3.8) is 0 Å². The highest BCUT2D eigenvalue weighted by atomic mass is 16.5. The number of carbonyl (C=O) groups is 3. The van der Waals surface area contributed by atoms with E-state index in [-0.39, 0.29) is 23.5 Å². The van der Waals surface area contributed by atoms with Crippen molar-refractivity contribution in [2.45, 2.75) is 46.6 Å². The molecule has 0 spiro atoms. The van der Waals surface area contributed by atoms with Crippen LogP contribution in [0, 0.1) is 5.41 Å². The Morgan fingerprint density at radius 1 is 1.12 bits per heavy atom. The van der Waals surface area contributed by atoms with E-state index < -0.39 is 17.5 Å². The Bertz CT molecular complexity index is 648. The van der Waals surface area contributed by atoms with E-state index in [1.165, 1.54) is 12.1 Å². The fourth-order valence-corrected chi connectivity index (χ4v) is 2.86. The van der Waals surface area contributed by atoms with Crippen LogP contribution in [-0.2, 0) is 9.53 Å². The monoisotopic (exact) mass is 349 g/mol. The number of anilines is 1. The van der Waals surface area contributed by atoms with E-state index in [2.05, 4.69) is 31.4 Å². The second-order valence-corrected chi connectivity index (χ2v) is 7.82. The van der Waals surface area contributed by atoms with E-state index in [1.807, 2.05) is 13.8 Å². The molecule has 7 nitrogen and oxygen atoms in total. The van der Waals surface area contributed by atoms with Crippen molar-refractivity contribution >= 4 is 23.6 Å². The van der Waals surface area contributed by atoms with Gasteiger partial charge in [0.1, 0.15) is 0 Å². The zero-order valence-corrected chi connectivity index (χ0v) is 15.4. The molecule has 0 unspecified atom stereocenters. The Kier molecular flexibility index (Phi) is 6.55. The minimum Gasteiger partial charge on any atom is -0.452 e. The van der Waals surface area contributed by atoms with Crippen molar-refractivity contribution < 1.29 is 19.1 Å². The molecule has 138 valence electrons. The lowest BCUT2D eigenvalue weighted by Crippen LogP contribution is -2.47. The van der Waals surface area contributed by atoms with Gasteiger partial charge in [-0.05, 0) is 43.9 Å². The van der Waals surface area contributed by atoms with Gasteiger partial charge >= 0.3 is 12.0 Å². The number of hydrogen-bond donors (Lipinski definition) is 3. The zero-order chi connectivity index (χ0) is 19.3. The number of esters is 1. The van der Waals surface area contributed by atoms with Gasteiger partial charge in [0, 0.05) is 11.2 Å². The molecule has 0 aliphatic carbocycles. The Balaban J connectivity index is 2.58. The predicted octanol–water partition coefficient (Wildman–Crippen LogP) is 2.67. The predicted molar refractivity (Wildman–Crippen MR) is 96.2 cm³/mol. The zero-order valence-electron chi connectivity index (χ0n) is 15.4. The lowest BCUT2D eigenvalue weighted by molar-refractivity contribution is -0.126. The van der Waals surface area contributed by atoms with Crippen LogP contribution in [0.15, 0.2) is 24.3 Å². The van der Waals surface area contributed by atoms with Crippen LogP contribution >= 0.6 is 0 Å². The fraction of sp³-hybridized carbons (Fsp3) is 0.500. The Morgan fingerprint density at radius 3 is 2.32 bits per heavy atom. The SMILES string of the molecule is CC(C)(C)CC(C)(C)NC(=O)COC(=O)c1cccc(NC(N)=O)c1. The van der Waals surface area contributed by atoms with E-state index in [0.29, 0.717) is 5.69 Å². The molecule has 0 aromatic heterocycles. The van der Waals surface area contributed by atoms with Crippen molar-refractivity contribution in [2.24, 2.45) is 11.1 Å². The van der Waals surface area contributed by atoms with Crippen molar-refractivity contribution in [1.82, 2.24) is 5.32 Å². The fourth-order valence-electron chi connectivity index (χ4n) is 2.86. The molecular weight excluding hydrogens is 322 g/mol. The molecule has 0 bridgehead atoms. The summed E-state index contributed by atoms with van der Waals surface area (Å²) in [5.74, 6) is -1.02. The molecule has 1 aromatic rings. The summed E-state index contributed by atoms with van der Waals surface area (Å²) in [6.45, 7) is 9.75. The second-order valence-electron chi connectivity index (χ2n) is 7.82. The maximum absolute atomic E-state index is 12.0. The molecule has 4 N–H and O–H groups in total. The Morgan fingerprint density at radius 2 is 1.76 bits per heavy atom. The number of benzene rings is 1. The molecule has 3 amide bonds. The van der Waals surface area contributed by atoms with Crippen LogP contribution in [0.25, 0.3) is 0 Å². The molecule has 1 rings (SSSR count). The maximum atomic E-state index is 12.0. The lowest BCUT2D eigenvalue weighted by atomic mass is 9.82. The first-order valence-electron chi connectivity index (χ1n) is 8.03. The number of amides is 3. The molecule has 0 heterocycles. The summed E-state index contributed by atoms with van der Waals surface area (Å²) in [4.78, 5) is 34.9. The highest BCUT2D eigenvalue weighted by molar-refractivity contribution is 5.94. The number of hydrogen-bond acceptors (Lipinski definition) is 4. The summed E-state index contributed by atoms with van der Waals surface area (Å²) < 4.78 is 5.03. The van der Waals surface area contributed by atoms with Crippen LogP contribution in [0.2, 0.25) is 0 Å². The van der Waals surface area contributed by atoms with Gasteiger partial charge < -0.3 is 21.1 Å². The van der Waals surface area contributed by atoms with Crippen LogP contribution < -0.4 is 16.4 Å². The van der Waals surface area contributed by atoms with Crippen molar-refractivity contribution in [2.75, 3.05) is 11.9 Å². The quantitative estimate of drug-likeness (QED) is 0.686. The minimum absolute atomic E-state index is 0.0569. The summed E-state index contributed by atoms with van der Waals surface area (Å²) >= 11 is 0. The highest BCUT2D eigenvalue weighted by Gasteiger charge is 2.27. The third kappa shape index (κ3) is 8.19. The maximum Gasteiger partial charge on any atom is 0.338 e. The standard InChI is InChI=1S/C18H27N3O4/c1-17(2,3)11-18(4,5)21-14(22)10-25-15(23)12-7-6-8-13(9-12)20-16(19)24/h6-9H,10-11H2,1-5H3,(H,21,22)(H3,19,20,24). The topological polar surface area (TPSA) is 111 Å². The molecule has 0 radical (unpaired) electrons. The molecule has 0 aliphatic rings. The van der Waals surface area contributed by atoms with Crippen molar-refractivity contribution in [3.8, 4) is 0 Å². The molecule has 0 saturated heterocycles. The summed E-state index contributed by atoms with van der Waals surface area (Å²) in [5.41, 5.74) is 5.27. The highest BCUT2D eigenvalue weighted by Crippen LogP contribution is 2.26. The Labute approximate surface area is 148 Å². The molecule has 0 atom stereocenters. The minimum atomic E-state index is -0.731. The number of nitrogens with two attached hydrogens (primary N) is 1. The van der Waals surface area contributed by atoms with E-state index in [9.17, 15) is 14.4 Å².